The van der Waals surface area contributed by atoms with Gasteiger partial charge in [-0.3, -0.25) is 0 Å². The summed E-state index contributed by atoms with van der Waals surface area (Å²) in [6, 6.07) is 57.7. The van der Waals surface area contributed by atoms with Crippen LogP contribution >= 0.6 is 0 Å². The molecule has 1 aromatic heterocycles. The lowest BCUT2D eigenvalue weighted by molar-refractivity contribution is 0.660. The molecule has 0 fully saturated rings. The maximum Gasteiger partial charge on any atom is 0.0544 e. The third kappa shape index (κ3) is 3.67. The Morgan fingerprint density at radius 1 is 0.358 bits per heavy atom. The van der Waals surface area contributed by atoms with Crippen molar-refractivity contribution in [3.63, 3.8) is 0 Å². The molecule has 0 aliphatic heterocycles. The molecule has 0 amide bonds. The van der Waals surface area contributed by atoms with E-state index in [2.05, 4.69) is 184 Å². The Morgan fingerprint density at radius 3 is 1.45 bits per heavy atom. The molecule has 0 saturated heterocycles. The van der Waals surface area contributed by atoms with E-state index in [1.807, 2.05) is 0 Å². The van der Waals surface area contributed by atoms with Gasteiger partial charge in [-0.25, -0.2) is 0 Å². The minimum absolute atomic E-state index is 0.0804. The minimum atomic E-state index is -0.0804. The van der Waals surface area contributed by atoms with Gasteiger partial charge in [0.1, 0.15) is 0 Å². The van der Waals surface area contributed by atoms with Gasteiger partial charge in [0.05, 0.1) is 11.0 Å². The van der Waals surface area contributed by atoms with E-state index in [1.165, 1.54) is 115 Å². The Hall–Kier alpha value is -6.18. The van der Waals surface area contributed by atoms with Crippen LogP contribution < -0.4 is 0 Å². The Labute approximate surface area is 309 Å². The van der Waals surface area contributed by atoms with Crippen molar-refractivity contribution in [3.8, 4) is 39.1 Å². The predicted molar refractivity (Wildman–Crippen MR) is 225 cm³/mol. The summed E-state index contributed by atoms with van der Waals surface area (Å²) in [5, 5.41) is 10.6. The summed E-state index contributed by atoms with van der Waals surface area (Å²) in [6.07, 6.45) is 0. The second-order valence-corrected chi connectivity index (χ2v) is 16.5. The molecular formula is C52H37N. The summed E-state index contributed by atoms with van der Waals surface area (Å²) in [7, 11) is 0. The van der Waals surface area contributed by atoms with Gasteiger partial charge in [0.15, 0.2) is 0 Å². The van der Waals surface area contributed by atoms with E-state index in [1.54, 1.807) is 0 Å². The van der Waals surface area contributed by atoms with Crippen molar-refractivity contribution < 1.29 is 0 Å². The summed E-state index contributed by atoms with van der Waals surface area (Å²) in [5.41, 5.74) is 17.2. The summed E-state index contributed by atoms with van der Waals surface area (Å²) in [6.45, 7) is 9.54. The first-order chi connectivity index (χ1) is 25.8. The lowest BCUT2D eigenvalue weighted by Crippen LogP contribution is -2.15. The smallest absolute Gasteiger partial charge is 0.0544 e. The zero-order valence-electron chi connectivity index (χ0n) is 30.4. The molecule has 1 nitrogen and oxygen atoms in total. The number of rotatable bonds is 2. The summed E-state index contributed by atoms with van der Waals surface area (Å²) < 4.78 is 2.54. The van der Waals surface area contributed by atoms with E-state index in [0.717, 1.165) is 0 Å². The molecule has 2 aliphatic rings. The largest absolute Gasteiger partial charge is 0.309 e. The number of nitrogens with zero attached hydrogens (tertiary/aromatic N) is 1. The van der Waals surface area contributed by atoms with Crippen molar-refractivity contribution in [1.29, 1.82) is 0 Å². The second kappa shape index (κ2) is 9.82. The van der Waals surface area contributed by atoms with Gasteiger partial charge in [-0.1, -0.05) is 143 Å². The Morgan fingerprint density at radius 2 is 0.868 bits per heavy atom. The summed E-state index contributed by atoms with van der Waals surface area (Å²) >= 11 is 0. The maximum atomic E-state index is 2.54. The van der Waals surface area contributed by atoms with E-state index >= 15 is 0 Å². The normalized spacial score (nSPS) is 15.1. The molecule has 0 spiro atoms. The van der Waals surface area contributed by atoms with Crippen molar-refractivity contribution in [3.05, 3.63) is 174 Å². The van der Waals surface area contributed by atoms with Crippen molar-refractivity contribution >= 4 is 54.1 Å². The lowest BCUT2D eigenvalue weighted by Gasteiger charge is -2.22. The third-order valence-electron chi connectivity index (χ3n) is 13.1. The van der Waals surface area contributed by atoms with Crippen LogP contribution in [0.15, 0.2) is 152 Å². The number of fused-ring (bicyclic) bond motifs is 9. The average molecular weight is 676 g/mol. The fraction of sp³-hybridized carbons (Fsp3) is 0.115. The fourth-order valence-corrected chi connectivity index (χ4v) is 10.5. The third-order valence-corrected chi connectivity index (χ3v) is 13.1. The molecule has 0 unspecified atom stereocenters. The molecule has 0 N–H and O–H groups in total. The minimum Gasteiger partial charge on any atom is -0.309 e. The highest BCUT2D eigenvalue weighted by atomic mass is 15.0. The van der Waals surface area contributed by atoms with Gasteiger partial charge < -0.3 is 4.57 Å². The van der Waals surface area contributed by atoms with E-state index in [0.29, 0.717) is 0 Å². The van der Waals surface area contributed by atoms with Crippen LogP contribution in [0.3, 0.4) is 0 Å². The number of benzene rings is 9. The Bertz CT molecular complexity index is 3070. The van der Waals surface area contributed by atoms with Crippen LogP contribution in [0.1, 0.15) is 49.9 Å². The first-order valence-electron chi connectivity index (χ1n) is 18.9. The number of aromatic nitrogens is 1. The predicted octanol–water partition coefficient (Wildman–Crippen LogP) is 14.0. The first-order valence-corrected chi connectivity index (χ1v) is 18.9. The van der Waals surface area contributed by atoms with Gasteiger partial charge in [-0.2, -0.15) is 0 Å². The van der Waals surface area contributed by atoms with Gasteiger partial charge in [-0.05, 0) is 124 Å². The van der Waals surface area contributed by atoms with Crippen molar-refractivity contribution in [2.45, 2.75) is 38.5 Å². The summed E-state index contributed by atoms with van der Waals surface area (Å²) in [5.74, 6) is 0. The van der Waals surface area contributed by atoms with Gasteiger partial charge >= 0.3 is 0 Å². The second-order valence-electron chi connectivity index (χ2n) is 16.5. The van der Waals surface area contributed by atoms with E-state index in [-0.39, 0.29) is 10.8 Å². The SMILES string of the molecule is CC1(C)c2ccccc2-c2cc3c4cc5c(cc4n(-c4ccc(-c6ccc7ccc8cccc9ccc6c7c89)cc4)c3cc21)C(C)(C)c1ccccc1-5. The van der Waals surface area contributed by atoms with Crippen LogP contribution in [-0.2, 0) is 10.8 Å². The molecule has 53 heavy (non-hydrogen) atoms. The fourth-order valence-electron chi connectivity index (χ4n) is 10.5. The highest BCUT2D eigenvalue weighted by Gasteiger charge is 2.38. The molecule has 2 aliphatic carbocycles. The van der Waals surface area contributed by atoms with Crippen LogP contribution in [-0.4, -0.2) is 4.57 Å². The average Bonchev–Trinajstić information content (AvgIpc) is 3.71. The zero-order chi connectivity index (χ0) is 35.4. The highest BCUT2D eigenvalue weighted by Crippen LogP contribution is 2.54. The molecule has 12 rings (SSSR count). The Balaban J connectivity index is 1.11. The first kappa shape index (κ1) is 29.4. The summed E-state index contributed by atoms with van der Waals surface area (Å²) in [4.78, 5) is 0. The van der Waals surface area contributed by atoms with Crippen LogP contribution in [0.25, 0.3) is 93.2 Å². The van der Waals surface area contributed by atoms with Crippen molar-refractivity contribution in [1.82, 2.24) is 4.57 Å². The van der Waals surface area contributed by atoms with E-state index in [9.17, 15) is 0 Å². The molecule has 9 aromatic carbocycles. The van der Waals surface area contributed by atoms with Crippen LogP contribution in [0.2, 0.25) is 0 Å². The van der Waals surface area contributed by atoms with Crippen LogP contribution in [0.4, 0.5) is 0 Å². The highest BCUT2D eigenvalue weighted by molar-refractivity contribution is 6.25. The topological polar surface area (TPSA) is 4.93 Å². The maximum absolute atomic E-state index is 2.54. The van der Waals surface area contributed by atoms with E-state index in [4.69, 9.17) is 0 Å². The van der Waals surface area contributed by atoms with Crippen molar-refractivity contribution in [2.24, 2.45) is 0 Å². The van der Waals surface area contributed by atoms with Crippen LogP contribution in [0.5, 0.6) is 0 Å². The van der Waals surface area contributed by atoms with Gasteiger partial charge in [0.2, 0.25) is 0 Å². The van der Waals surface area contributed by atoms with Crippen LogP contribution in [0, 0.1) is 0 Å². The lowest BCUT2D eigenvalue weighted by atomic mass is 9.82. The number of hydrogen-bond donors (Lipinski definition) is 0. The molecule has 0 atom stereocenters. The van der Waals surface area contributed by atoms with Gasteiger partial charge in [0, 0.05) is 27.3 Å². The quantitative estimate of drug-likeness (QED) is 0.161. The molecule has 1 heteroatoms. The molecule has 0 radical (unpaired) electrons. The molecular weight excluding hydrogens is 639 g/mol. The molecule has 1 heterocycles. The number of hydrogen-bond acceptors (Lipinski definition) is 0. The Kier molecular flexibility index (Phi) is 5.45. The zero-order valence-corrected chi connectivity index (χ0v) is 30.4. The van der Waals surface area contributed by atoms with Gasteiger partial charge in [-0.15, -0.1) is 0 Å². The van der Waals surface area contributed by atoms with Gasteiger partial charge in [0.25, 0.3) is 0 Å². The standard InChI is InChI=1S/C52H37N/c1-51(2)43-14-7-5-12-36(43)39-26-41-42-27-40-37-13-6-8-15-44(37)52(3,4)46(40)29-48(42)53(47(41)28-45(39)51)34-22-18-30(19-23-34)35-24-20-33-17-16-31-10-9-11-32-21-25-38(35)50(33)49(31)32/h5-29H,1-4H3. The van der Waals surface area contributed by atoms with Crippen molar-refractivity contribution in [2.75, 3.05) is 0 Å². The molecule has 250 valence electrons. The molecule has 10 aromatic rings. The molecule has 0 saturated carbocycles. The molecule has 0 bridgehead atoms. The van der Waals surface area contributed by atoms with E-state index < -0.39 is 0 Å². The monoisotopic (exact) mass is 675 g/mol.